The molecule has 2 N–H and O–H groups in total. The van der Waals surface area contributed by atoms with Crippen molar-refractivity contribution in [3.8, 4) is 0 Å². The van der Waals surface area contributed by atoms with Crippen LogP contribution in [0, 0.1) is 5.92 Å². The molecule has 0 aromatic heterocycles. The summed E-state index contributed by atoms with van der Waals surface area (Å²) < 4.78 is 0. The molecule has 0 aromatic carbocycles. The van der Waals surface area contributed by atoms with Gasteiger partial charge in [0.25, 0.3) is 0 Å². The molecule has 1 fully saturated rings. The van der Waals surface area contributed by atoms with Gasteiger partial charge in [-0.2, -0.15) is 0 Å². The number of nitrogens with zero attached hydrogens (tertiary/aromatic N) is 1. The van der Waals surface area contributed by atoms with Crippen molar-refractivity contribution in [1.82, 2.24) is 4.90 Å². The van der Waals surface area contributed by atoms with E-state index in [1.165, 1.54) is 0 Å². The summed E-state index contributed by atoms with van der Waals surface area (Å²) >= 11 is 0. The maximum absolute atomic E-state index is 11.9. The zero-order valence-electron chi connectivity index (χ0n) is 9.07. The summed E-state index contributed by atoms with van der Waals surface area (Å²) in [5.41, 5.74) is 5.87. The molecule has 3 atom stereocenters. The van der Waals surface area contributed by atoms with Crippen LogP contribution < -0.4 is 5.73 Å². The van der Waals surface area contributed by atoms with Gasteiger partial charge in [-0.3, -0.25) is 4.79 Å². The molecule has 1 rings (SSSR count). The molecule has 0 saturated carbocycles. The number of hydrogen-bond acceptors (Lipinski definition) is 2. The second-order valence-corrected chi connectivity index (χ2v) is 4.15. The van der Waals surface area contributed by atoms with Gasteiger partial charge < -0.3 is 10.6 Å². The highest BCUT2D eigenvalue weighted by atomic mass is 16.2. The van der Waals surface area contributed by atoms with Crippen molar-refractivity contribution in [1.29, 1.82) is 0 Å². The molecule has 1 saturated heterocycles. The number of likely N-dealkylation sites (tertiary alicyclic amines) is 1. The van der Waals surface area contributed by atoms with Gasteiger partial charge in [0, 0.05) is 6.54 Å². The lowest BCUT2D eigenvalue weighted by atomic mass is 9.92. The average molecular weight is 194 g/mol. The van der Waals surface area contributed by atoms with E-state index in [1.54, 1.807) is 4.90 Å². The monoisotopic (exact) mass is 194 g/mol. The van der Waals surface area contributed by atoms with E-state index in [0.29, 0.717) is 0 Å². The number of amides is 1. The highest BCUT2D eigenvalue weighted by Gasteiger charge is 2.30. The fraction of sp³-hybridized carbons (Fsp3) is 0.900. The number of carbonyl (C=O) groups excluding carboxylic acids is 1. The zero-order chi connectivity index (χ0) is 10.7. The van der Waals surface area contributed by atoms with Crippen molar-refractivity contribution >= 4 is 13.8 Å². The summed E-state index contributed by atoms with van der Waals surface area (Å²) in [6.07, 6.45) is 2.83. The molecular weight excluding hydrogens is 175 g/mol. The Morgan fingerprint density at radius 2 is 2.36 bits per heavy atom. The standard InChI is InChI=1S/C10H19BN2O/c1-3-7(2)9(12)10(14)13-6-4-5-8(13)11/h7-9H,3-6,12H2,1-2H3. The summed E-state index contributed by atoms with van der Waals surface area (Å²) in [5.74, 6) is 0.136. The van der Waals surface area contributed by atoms with Crippen LogP contribution in [0.5, 0.6) is 0 Å². The number of carbonyl (C=O) groups is 1. The molecule has 1 aliphatic heterocycles. The first-order valence-electron chi connectivity index (χ1n) is 5.39. The summed E-state index contributed by atoms with van der Waals surface area (Å²) in [6, 6.07) is -0.385. The fourth-order valence-corrected chi connectivity index (χ4v) is 1.75. The first-order chi connectivity index (χ1) is 6.57. The summed E-state index contributed by atoms with van der Waals surface area (Å²) in [7, 11) is 5.81. The lowest BCUT2D eigenvalue weighted by molar-refractivity contribution is -0.133. The summed E-state index contributed by atoms with van der Waals surface area (Å²) in [4.78, 5) is 13.6. The van der Waals surface area contributed by atoms with Crippen molar-refractivity contribution in [2.24, 2.45) is 11.7 Å². The fourth-order valence-electron chi connectivity index (χ4n) is 1.75. The first kappa shape index (κ1) is 11.6. The molecule has 0 aliphatic carbocycles. The predicted octanol–water partition coefficient (Wildman–Crippen LogP) is 0.477. The lowest BCUT2D eigenvalue weighted by Gasteiger charge is -2.27. The molecule has 78 valence electrons. The van der Waals surface area contributed by atoms with Gasteiger partial charge in [-0.15, -0.1) is 0 Å². The molecule has 4 heteroatoms. The van der Waals surface area contributed by atoms with E-state index in [9.17, 15) is 4.79 Å². The minimum absolute atomic E-state index is 0.0179. The molecule has 3 nitrogen and oxygen atoms in total. The van der Waals surface area contributed by atoms with Crippen LogP contribution in [0.3, 0.4) is 0 Å². The topological polar surface area (TPSA) is 46.3 Å². The van der Waals surface area contributed by atoms with E-state index in [1.807, 2.05) is 13.8 Å². The van der Waals surface area contributed by atoms with Gasteiger partial charge in [-0.25, -0.2) is 0 Å². The molecule has 3 unspecified atom stereocenters. The van der Waals surface area contributed by atoms with E-state index in [0.717, 1.165) is 25.8 Å². The van der Waals surface area contributed by atoms with Gasteiger partial charge in [0.1, 0.15) is 0 Å². The summed E-state index contributed by atoms with van der Waals surface area (Å²) in [5, 5.41) is 0. The van der Waals surface area contributed by atoms with Crippen LogP contribution in [-0.2, 0) is 4.79 Å². The molecule has 0 aromatic rings. The Bertz CT molecular complexity index is 210. The van der Waals surface area contributed by atoms with Crippen LogP contribution in [0.1, 0.15) is 33.1 Å². The third-order valence-electron chi connectivity index (χ3n) is 3.12. The Balaban J connectivity index is 2.55. The van der Waals surface area contributed by atoms with Crippen molar-refractivity contribution in [3.63, 3.8) is 0 Å². The molecule has 1 heterocycles. The van der Waals surface area contributed by atoms with Crippen molar-refractivity contribution < 1.29 is 4.79 Å². The Labute approximate surface area is 87.4 Å². The van der Waals surface area contributed by atoms with Gasteiger partial charge in [0.05, 0.1) is 13.9 Å². The van der Waals surface area contributed by atoms with Crippen molar-refractivity contribution in [2.45, 2.75) is 45.1 Å². The van der Waals surface area contributed by atoms with Crippen LogP contribution in [0.25, 0.3) is 0 Å². The van der Waals surface area contributed by atoms with Crippen LogP contribution in [0.4, 0.5) is 0 Å². The Morgan fingerprint density at radius 3 is 2.79 bits per heavy atom. The maximum atomic E-state index is 11.9. The van der Waals surface area contributed by atoms with E-state index < -0.39 is 0 Å². The van der Waals surface area contributed by atoms with E-state index in [4.69, 9.17) is 13.6 Å². The Morgan fingerprint density at radius 1 is 1.71 bits per heavy atom. The minimum Gasteiger partial charge on any atom is -0.347 e. The molecule has 14 heavy (non-hydrogen) atoms. The van der Waals surface area contributed by atoms with Gasteiger partial charge in [-0.1, -0.05) is 20.3 Å². The zero-order valence-corrected chi connectivity index (χ0v) is 9.07. The highest BCUT2D eigenvalue weighted by molar-refractivity contribution is 6.13. The van der Waals surface area contributed by atoms with Gasteiger partial charge >= 0.3 is 0 Å². The largest absolute Gasteiger partial charge is 0.347 e. The molecular formula is C10H19BN2O. The number of hydrogen-bond donors (Lipinski definition) is 1. The first-order valence-corrected chi connectivity index (χ1v) is 5.39. The number of nitrogens with two attached hydrogens (primary N) is 1. The SMILES string of the molecule is [B]C1CCCN1C(=O)C(N)C(C)CC. The van der Waals surface area contributed by atoms with Gasteiger partial charge in [0.15, 0.2) is 0 Å². The van der Waals surface area contributed by atoms with Crippen molar-refractivity contribution in [3.05, 3.63) is 0 Å². The molecule has 2 radical (unpaired) electrons. The molecule has 0 spiro atoms. The second kappa shape index (κ2) is 4.83. The van der Waals surface area contributed by atoms with E-state index in [-0.39, 0.29) is 23.8 Å². The van der Waals surface area contributed by atoms with Crippen LogP contribution >= 0.6 is 0 Å². The maximum Gasteiger partial charge on any atom is 0.239 e. The molecule has 1 aliphatic rings. The minimum atomic E-state index is -0.385. The highest BCUT2D eigenvalue weighted by Crippen LogP contribution is 2.17. The summed E-state index contributed by atoms with van der Waals surface area (Å²) in [6.45, 7) is 4.82. The van der Waals surface area contributed by atoms with E-state index >= 15 is 0 Å². The quantitative estimate of drug-likeness (QED) is 0.664. The Kier molecular flexibility index (Phi) is 3.99. The van der Waals surface area contributed by atoms with Crippen molar-refractivity contribution in [2.75, 3.05) is 6.54 Å². The second-order valence-electron chi connectivity index (χ2n) is 4.15. The van der Waals surface area contributed by atoms with Crippen LogP contribution in [0.15, 0.2) is 0 Å². The molecule has 0 bridgehead atoms. The molecule has 1 amide bonds. The van der Waals surface area contributed by atoms with Crippen LogP contribution in [0.2, 0.25) is 0 Å². The van der Waals surface area contributed by atoms with Gasteiger partial charge in [0.2, 0.25) is 5.91 Å². The smallest absolute Gasteiger partial charge is 0.239 e. The third-order valence-corrected chi connectivity index (χ3v) is 3.12. The Hall–Kier alpha value is -0.505. The normalized spacial score (nSPS) is 26.2. The van der Waals surface area contributed by atoms with Crippen LogP contribution in [-0.4, -0.2) is 37.2 Å². The van der Waals surface area contributed by atoms with E-state index in [2.05, 4.69) is 0 Å². The van der Waals surface area contributed by atoms with Gasteiger partial charge in [-0.05, 0) is 24.7 Å². The number of rotatable bonds is 3. The average Bonchev–Trinajstić information content (AvgIpc) is 2.61. The lowest BCUT2D eigenvalue weighted by Crippen LogP contribution is -2.48. The predicted molar refractivity (Wildman–Crippen MR) is 57.9 cm³/mol. The third kappa shape index (κ3) is 2.29.